The van der Waals surface area contributed by atoms with Crippen LogP contribution in [0.1, 0.15) is 25.3 Å². The Kier molecular flexibility index (Phi) is 10.2. The van der Waals surface area contributed by atoms with Crippen LogP contribution < -0.4 is 14.8 Å². The van der Waals surface area contributed by atoms with E-state index in [1.54, 1.807) is 7.11 Å². The smallest absolute Gasteiger partial charge is 0.123 e. The van der Waals surface area contributed by atoms with Crippen LogP contribution in [0.25, 0.3) is 0 Å². The minimum absolute atomic E-state index is 0.561. The fourth-order valence-corrected chi connectivity index (χ4v) is 2.11. The maximum Gasteiger partial charge on any atom is 0.123 e. The number of hydrogen-bond acceptors (Lipinski definition) is 3. The molecular weight excluding hydrogens is 278 g/mol. The monoisotopic (exact) mass is 308 g/mol. The van der Waals surface area contributed by atoms with Gasteiger partial charge in [-0.3, -0.25) is 0 Å². The SMILES string of the molecule is C=CCc1cc(OC)ccc1OCCOCC[NH2+]CCCC. The van der Waals surface area contributed by atoms with Gasteiger partial charge >= 0.3 is 0 Å². The van der Waals surface area contributed by atoms with Crippen LogP contribution in [0, 0.1) is 0 Å². The van der Waals surface area contributed by atoms with Crippen LogP contribution in [0.5, 0.6) is 11.5 Å². The highest BCUT2D eigenvalue weighted by Gasteiger charge is 2.04. The Balaban J connectivity index is 2.22. The van der Waals surface area contributed by atoms with E-state index in [4.69, 9.17) is 14.2 Å². The summed E-state index contributed by atoms with van der Waals surface area (Å²) in [6.07, 6.45) is 5.15. The van der Waals surface area contributed by atoms with Crippen molar-refractivity contribution in [2.75, 3.05) is 40.0 Å². The number of allylic oxidation sites excluding steroid dienone is 1. The standard InChI is InChI=1S/C18H29NO3/c1-4-6-10-19-11-12-21-13-14-22-18-9-8-17(20-3)15-16(18)7-5-2/h5,8-9,15,19H,2,4,6-7,10-14H2,1,3H3/p+1. The number of rotatable bonds is 13. The molecule has 1 aromatic carbocycles. The molecule has 0 amide bonds. The number of benzene rings is 1. The zero-order chi connectivity index (χ0) is 16.0. The van der Waals surface area contributed by atoms with Crippen molar-refractivity contribution in [2.24, 2.45) is 0 Å². The van der Waals surface area contributed by atoms with Gasteiger partial charge in [-0.15, -0.1) is 6.58 Å². The van der Waals surface area contributed by atoms with Gasteiger partial charge < -0.3 is 19.5 Å². The molecule has 1 aromatic rings. The summed E-state index contributed by atoms with van der Waals surface area (Å²) in [6, 6.07) is 5.84. The lowest BCUT2D eigenvalue weighted by Crippen LogP contribution is -2.85. The van der Waals surface area contributed by atoms with Crippen molar-refractivity contribution < 1.29 is 19.5 Å². The largest absolute Gasteiger partial charge is 0.497 e. The van der Waals surface area contributed by atoms with Crippen molar-refractivity contribution >= 4 is 0 Å². The van der Waals surface area contributed by atoms with Gasteiger partial charge in [-0.2, -0.15) is 0 Å². The van der Waals surface area contributed by atoms with Gasteiger partial charge in [-0.25, -0.2) is 0 Å². The highest BCUT2D eigenvalue weighted by Crippen LogP contribution is 2.24. The first-order valence-corrected chi connectivity index (χ1v) is 8.11. The summed E-state index contributed by atoms with van der Waals surface area (Å²) in [6.45, 7) is 10.1. The Morgan fingerprint density at radius 3 is 2.77 bits per heavy atom. The predicted octanol–water partition coefficient (Wildman–Crippen LogP) is 2.18. The molecule has 0 saturated heterocycles. The van der Waals surface area contributed by atoms with Crippen molar-refractivity contribution in [3.63, 3.8) is 0 Å². The second-order valence-electron chi connectivity index (χ2n) is 5.15. The molecule has 0 heterocycles. The summed E-state index contributed by atoms with van der Waals surface area (Å²) in [7, 11) is 1.67. The van der Waals surface area contributed by atoms with Crippen molar-refractivity contribution in [3.8, 4) is 11.5 Å². The van der Waals surface area contributed by atoms with E-state index in [0.717, 1.165) is 36.6 Å². The minimum Gasteiger partial charge on any atom is -0.497 e. The molecule has 22 heavy (non-hydrogen) atoms. The van der Waals surface area contributed by atoms with Gasteiger partial charge in [0.05, 0.1) is 33.4 Å². The van der Waals surface area contributed by atoms with E-state index in [1.165, 1.54) is 19.4 Å². The third-order valence-electron chi connectivity index (χ3n) is 3.35. The average Bonchev–Trinajstić information content (AvgIpc) is 2.54. The highest BCUT2D eigenvalue weighted by atomic mass is 16.5. The molecule has 0 aromatic heterocycles. The predicted molar refractivity (Wildman–Crippen MR) is 89.8 cm³/mol. The van der Waals surface area contributed by atoms with Crippen molar-refractivity contribution in [1.82, 2.24) is 0 Å². The van der Waals surface area contributed by atoms with Crippen LogP contribution in [0.2, 0.25) is 0 Å². The fraction of sp³-hybridized carbons (Fsp3) is 0.556. The summed E-state index contributed by atoms with van der Waals surface area (Å²) in [4.78, 5) is 0. The van der Waals surface area contributed by atoms with Crippen LogP contribution >= 0.6 is 0 Å². The maximum atomic E-state index is 5.80. The van der Waals surface area contributed by atoms with Crippen LogP contribution in [-0.4, -0.2) is 40.0 Å². The molecule has 0 radical (unpaired) electrons. The molecule has 0 aliphatic heterocycles. The van der Waals surface area contributed by atoms with E-state index in [0.29, 0.717) is 13.2 Å². The highest BCUT2D eigenvalue weighted by molar-refractivity contribution is 5.41. The van der Waals surface area contributed by atoms with Crippen LogP contribution in [0.3, 0.4) is 0 Å². The van der Waals surface area contributed by atoms with E-state index >= 15 is 0 Å². The van der Waals surface area contributed by atoms with Gasteiger partial charge in [0, 0.05) is 5.56 Å². The van der Waals surface area contributed by atoms with Crippen LogP contribution in [0.4, 0.5) is 0 Å². The van der Waals surface area contributed by atoms with E-state index in [1.807, 2.05) is 24.3 Å². The van der Waals surface area contributed by atoms with E-state index in [2.05, 4.69) is 18.8 Å². The summed E-state index contributed by atoms with van der Waals surface area (Å²) >= 11 is 0. The lowest BCUT2D eigenvalue weighted by Gasteiger charge is -2.12. The molecule has 0 atom stereocenters. The molecule has 4 nitrogen and oxygen atoms in total. The lowest BCUT2D eigenvalue weighted by atomic mass is 10.1. The van der Waals surface area contributed by atoms with E-state index in [-0.39, 0.29) is 0 Å². The van der Waals surface area contributed by atoms with Gasteiger partial charge in [0.25, 0.3) is 0 Å². The maximum absolute atomic E-state index is 5.80. The molecule has 0 saturated carbocycles. The third kappa shape index (κ3) is 7.48. The van der Waals surface area contributed by atoms with E-state index < -0.39 is 0 Å². The topological polar surface area (TPSA) is 44.3 Å². The molecule has 0 spiro atoms. The van der Waals surface area contributed by atoms with Gasteiger partial charge in [-0.05, 0) is 31.0 Å². The number of unbranched alkanes of at least 4 members (excludes halogenated alkanes) is 1. The first kappa shape index (κ1) is 18.5. The van der Waals surface area contributed by atoms with Gasteiger partial charge in [0.2, 0.25) is 0 Å². The molecule has 0 aliphatic carbocycles. The second-order valence-corrected chi connectivity index (χ2v) is 5.15. The van der Waals surface area contributed by atoms with E-state index in [9.17, 15) is 0 Å². The Bertz CT molecular complexity index is 421. The third-order valence-corrected chi connectivity index (χ3v) is 3.35. The molecule has 1 rings (SSSR count). The molecular formula is C18H30NO3+. The second kappa shape index (κ2) is 12.1. The Hall–Kier alpha value is -1.52. The first-order valence-electron chi connectivity index (χ1n) is 8.11. The zero-order valence-corrected chi connectivity index (χ0v) is 14.0. The zero-order valence-electron chi connectivity index (χ0n) is 14.0. The molecule has 0 unspecified atom stereocenters. The average molecular weight is 308 g/mol. The molecule has 124 valence electrons. The number of methoxy groups -OCH3 is 1. The summed E-state index contributed by atoms with van der Waals surface area (Å²) < 4.78 is 16.6. The number of hydrogen-bond donors (Lipinski definition) is 1. The van der Waals surface area contributed by atoms with Gasteiger partial charge in [-0.1, -0.05) is 19.4 Å². The molecule has 4 heteroatoms. The molecule has 0 aliphatic rings. The van der Waals surface area contributed by atoms with Crippen molar-refractivity contribution in [3.05, 3.63) is 36.4 Å². The number of ether oxygens (including phenoxy) is 3. The van der Waals surface area contributed by atoms with Gasteiger partial charge in [0.15, 0.2) is 0 Å². The quantitative estimate of drug-likeness (QED) is 0.449. The van der Waals surface area contributed by atoms with Crippen LogP contribution in [-0.2, 0) is 11.2 Å². The van der Waals surface area contributed by atoms with Crippen molar-refractivity contribution in [1.29, 1.82) is 0 Å². The molecule has 0 bridgehead atoms. The lowest BCUT2D eigenvalue weighted by molar-refractivity contribution is -0.656. The van der Waals surface area contributed by atoms with Gasteiger partial charge in [0.1, 0.15) is 18.1 Å². The fourth-order valence-electron chi connectivity index (χ4n) is 2.11. The summed E-state index contributed by atoms with van der Waals surface area (Å²) in [5.41, 5.74) is 1.09. The normalized spacial score (nSPS) is 10.5. The Morgan fingerprint density at radius 1 is 1.18 bits per heavy atom. The number of quaternary nitrogens is 1. The Morgan fingerprint density at radius 2 is 2.05 bits per heavy atom. The first-order chi connectivity index (χ1) is 10.8. The minimum atomic E-state index is 0.561. The molecule has 0 fully saturated rings. The summed E-state index contributed by atoms with van der Waals surface area (Å²) in [5.74, 6) is 1.71. The summed E-state index contributed by atoms with van der Waals surface area (Å²) in [5, 5.41) is 2.30. The number of nitrogens with two attached hydrogens (primary N) is 1. The van der Waals surface area contributed by atoms with Crippen LogP contribution in [0.15, 0.2) is 30.9 Å². The Labute approximate surface area is 134 Å². The molecule has 2 N–H and O–H groups in total. The van der Waals surface area contributed by atoms with Crippen molar-refractivity contribution in [2.45, 2.75) is 26.2 Å².